The minimum absolute atomic E-state index is 0.102. The Morgan fingerprint density at radius 1 is 1.20 bits per heavy atom. The van der Waals surface area contributed by atoms with E-state index in [-0.39, 0.29) is 17.3 Å². The molecule has 1 aromatic carbocycles. The molecule has 1 atom stereocenters. The van der Waals surface area contributed by atoms with Gasteiger partial charge < -0.3 is 16.9 Å². The fraction of sp³-hybridized carbons (Fsp3) is 0.174. The standard InChI is InChI=1S/C23H21ClFN5/c24-15-3-6-19(25)17(10-15)23(28)18(11-26)20-7-8-21-22(30-20)9-14(12-29-21)13-1-4-16(27)5-2-13/h1,3,6-12,16,26H,2,4-5,27-28H2/b23-18+,26-11?. The maximum Gasteiger partial charge on any atom is 0.132 e. The van der Waals surface area contributed by atoms with Crippen molar-refractivity contribution in [2.75, 3.05) is 0 Å². The molecule has 1 aliphatic carbocycles. The lowest BCUT2D eigenvalue weighted by Gasteiger charge is -2.18. The van der Waals surface area contributed by atoms with Crippen LogP contribution in [-0.4, -0.2) is 22.2 Å². The molecule has 1 aliphatic rings. The zero-order valence-corrected chi connectivity index (χ0v) is 17.0. The van der Waals surface area contributed by atoms with Gasteiger partial charge in [-0.3, -0.25) is 4.98 Å². The first kappa shape index (κ1) is 20.2. The molecule has 0 aliphatic heterocycles. The van der Waals surface area contributed by atoms with Gasteiger partial charge in [0.05, 0.1) is 22.4 Å². The summed E-state index contributed by atoms with van der Waals surface area (Å²) in [6, 6.07) is 9.87. The van der Waals surface area contributed by atoms with E-state index >= 15 is 0 Å². The number of nitrogens with one attached hydrogen (secondary N) is 1. The molecule has 0 saturated heterocycles. The van der Waals surface area contributed by atoms with E-state index < -0.39 is 5.82 Å². The normalized spacial score (nSPS) is 17.4. The van der Waals surface area contributed by atoms with Crippen molar-refractivity contribution >= 4 is 45.7 Å². The molecule has 2 heterocycles. The van der Waals surface area contributed by atoms with Gasteiger partial charge >= 0.3 is 0 Å². The average Bonchev–Trinajstić information content (AvgIpc) is 2.76. The molecular formula is C23H21ClFN5. The summed E-state index contributed by atoms with van der Waals surface area (Å²) in [4.78, 5) is 9.17. The molecule has 152 valence electrons. The molecule has 0 saturated carbocycles. The second-order valence-electron chi connectivity index (χ2n) is 7.32. The maximum atomic E-state index is 14.3. The molecule has 1 unspecified atom stereocenters. The molecule has 0 radical (unpaired) electrons. The highest BCUT2D eigenvalue weighted by atomic mass is 35.5. The minimum Gasteiger partial charge on any atom is -0.398 e. The number of pyridine rings is 2. The summed E-state index contributed by atoms with van der Waals surface area (Å²) in [7, 11) is 0. The van der Waals surface area contributed by atoms with Gasteiger partial charge in [-0.1, -0.05) is 17.7 Å². The van der Waals surface area contributed by atoms with Crippen molar-refractivity contribution in [1.82, 2.24) is 9.97 Å². The van der Waals surface area contributed by atoms with Crippen LogP contribution in [0.15, 0.2) is 48.7 Å². The fourth-order valence-electron chi connectivity index (χ4n) is 3.59. The van der Waals surface area contributed by atoms with Gasteiger partial charge in [-0.15, -0.1) is 0 Å². The number of hydrogen-bond donors (Lipinski definition) is 3. The first-order valence-corrected chi connectivity index (χ1v) is 10.0. The van der Waals surface area contributed by atoms with Crippen LogP contribution in [0.25, 0.3) is 27.9 Å². The number of rotatable bonds is 4. The van der Waals surface area contributed by atoms with Crippen LogP contribution in [-0.2, 0) is 0 Å². The number of hydrogen-bond acceptors (Lipinski definition) is 5. The summed E-state index contributed by atoms with van der Waals surface area (Å²) in [6.45, 7) is 0. The topological polar surface area (TPSA) is 102 Å². The Hall–Kier alpha value is -3.09. The highest BCUT2D eigenvalue weighted by molar-refractivity contribution is 6.31. The van der Waals surface area contributed by atoms with Crippen LogP contribution in [0.5, 0.6) is 0 Å². The molecule has 0 amide bonds. The summed E-state index contributed by atoms with van der Waals surface area (Å²) < 4.78 is 14.3. The maximum absolute atomic E-state index is 14.3. The number of benzene rings is 1. The van der Waals surface area contributed by atoms with Gasteiger partial charge in [-0.2, -0.15) is 0 Å². The van der Waals surface area contributed by atoms with Gasteiger partial charge in [0.25, 0.3) is 0 Å². The van der Waals surface area contributed by atoms with Crippen LogP contribution in [0.1, 0.15) is 36.1 Å². The number of aromatic nitrogens is 2. The number of nitrogens with zero attached hydrogens (tertiary/aromatic N) is 2. The first-order valence-electron chi connectivity index (χ1n) is 9.64. The summed E-state index contributed by atoms with van der Waals surface area (Å²) in [5.74, 6) is -0.511. The predicted molar refractivity (Wildman–Crippen MR) is 121 cm³/mol. The highest BCUT2D eigenvalue weighted by Gasteiger charge is 2.15. The lowest BCUT2D eigenvalue weighted by atomic mass is 9.92. The average molecular weight is 422 g/mol. The van der Waals surface area contributed by atoms with E-state index in [0.29, 0.717) is 21.8 Å². The van der Waals surface area contributed by atoms with Crippen LogP contribution in [0.4, 0.5) is 4.39 Å². The van der Waals surface area contributed by atoms with Gasteiger partial charge in [0, 0.05) is 34.6 Å². The van der Waals surface area contributed by atoms with E-state index in [9.17, 15) is 4.39 Å². The summed E-state index contributed by atoms with van der Waals surface area (Å²) in [6.07, 6.45) is 7.77. The van der Waals surface area contributed by atoms with Crippen LogP contribution < -0.4 is 11.5 Å². The fourth-order valence-corrected chi connectivity index (χ4v) is 3.76. The molecule has 7 heteroatoms. The van der Waals surface area contributed by atoms with Crippen molar-refractivity contribution in [1.29, 1.82) is 5.41 Å². The van der Waals surface area contributed by atoms with Crippen LogP contribution in [0, 0.1) is 11.2 Å². The van der Waals surface area contributed by atoms with Crippen molar-refractivity contribution in [2.24, 2.45) is 11.5 Å². The van der Waals surface area contributed by atoms with Gasteiger partial charge in [0.2, 0.25) is 0 Å². The largest absolute Gasteiger partial charge is 0.398 e. The van der Waals surface area contributed by atoms with E-state index in [0.717, 1.165) is 36.6 Å². The number of nitrogens with two attached hydrogens (primary N) is 2. The molecule has 2 aromatic heterocycles. The number of fused-ring (bicyclic) bond motifs is 1. The molecule has 0 bridgehead atoms. The zero-order valence-electron chi connectivity index (χ0n) is 16.2. The van der Waals surface area contributed by atoms with Gasteiger partial charge in [0.15, 0.2) is 0 Å². The SMILES string of the molecule is N=C/C(=C(\N)c1cc(Cl)ccc1F)c1ccc2ncc(C3=CCC(N)CC3)cc2n1. The van der Waals surface area contributed by atoms with Crippen molar-refractivity contribution in [3.05, 3.63) is 76.3 Å². The molecule has 3 aromatic rings. The van der Waals surface area contributed by atoms with E-state index in [4.69, 9.17) is 28.5 Å². The van der Waals surface area contributed by atoms with Crippen LogP contribution in [0.3, 0.4) is 0 Å². The summed E-state index contributed by atoms with van der Waals surface area (Å²) >= 11 is 5.99. The predicted octanol–water partition coefficient (Wildman–Crippen LogP) is 4.79. The minimum atomic E-state index is -0.511. The van der Waals surface area contributed by atoms with Crippen molar-refractivity contribution in [3.63, 3.8) is 0 Å². The van der Waals surface area contributed by atoms with E-state index in [2.05, 4.69) is 16.0 Å². The van der Waals surface area contributed by atoms with Gasteiger partial charge in [-0.25, -0.2) is 9.37 Å². The van der Waals surface area contributed by atoms with Crippen LogP contribution in [0.2, 0.25) is 5.02 Å². The number of allylic oxidation sites excluding steroid dienone is 2. The lowest BCUT2D eigenvalue weighted by Crippen LogP contribution is -2.21. The Balaban J connectivity index is 1.79. The molecular weight excluding hydrogens is 401 g/mol. The monoisotopic (exact) mass is 421 g/mol. The third kappa shape index (κ3) is 3.97. The molecule has 5 nitrogen and oxygen atoms in total. The zero-order chi connectivity index (χ0) is 21.3. The Labute approximate surface area is 178 Å². The second kappa shape index (κ2) is 8.34. The smallest absolute Gasteiger partial charge is 0.132 e. The van der Waals surface area contributed by atoms with Crippen molar-refractivity contribution < 1.29 is 4.39 Å². The quantitative estimate of drug-likeness (QED) is 0.527. The summed E-state index contributed by atoms with van der Waals surface area (Å²) in [5.41, 5.74) is 16.8. The van der Waals surface area contributed by atoms with Gasteiger partial charge in [-0.05, 0) is 66.8 Å². The van der Waals surface area contributed by atoms with Gasteiger partial charge in [0.1, 0.15) is 5.82 Å². The molecule has 4 rings (SSSR count). The van der Waals surface area contributed by atoms with Crippen molar-refractivity contribution in [3.8, 4) is 0 Å². The Morgan fingerprint density at radius 2 is 2.03 bits per heavy atom. The molecule has 0 fully saturated rings. The highest BCUT2D eigenvalue weighted by Crippen LogP contribution is 2.29. The Kier molecular flexibility index (Phi) is 5.61. The van der Waals surface area contributed by atoms with E-state index in [1.165, 1.54) is 23.8 Å². The summed E-state index contributed by atoms with van der Waals surface area (Å²) in [5, 5.41) is 8.20. The third-order valence-corrected chi connectivity index (χ3v) is 5.52. The second-order valence-corrected chi connectivity index (χ2v) is 7.75. The number of halogens is 2. The van der Waals surface area contributed by atoms with Crippen LogP contribution >= 0.6 is 11.6 Å². The molecule has 5 N–H and O–H groups in total. The van der Waals surface area contributed by atoms with E-state index in [1.807, 2.05) is 18.3 Å². The Bertz CT molecular complexity index is 1200. The Morgan fingerprint density at radius 3 is 2.77 bits per heavy atom. The van der Waals surface area contributed by atoms with E-state index in [1.54, 1.807) is 6.07 Å². The molecule has 0 spiro atoms. The lowest BCUT2D eigenvalue weighted by molar-refractivity contribution is 0.614. The van der Waals surface area contributed by atoms with Crippen molar-refractivity contribution in [2.45, 2.75) is 25.3 Å². The third-order valence-electron chi connectivity index (χ3n) is 5.29. The first-order chi connectivity index (χ1) is 14.5. The molecule has 30 heavy (non-hydrogen) atoms.